The zero-order valence-electron chi connectivity index (χ0n) is 10.2. The molecule has 1 aliphatic rings. The Morgan fingerprint density at radius 2 is 2.47 bits per heavy atom. The third-order valence-electron chi connectivity index (χ3n) is 3.12. The predicted molar refractivity (Wildman–Crippen MR) is 61.3 cm³/mol. The second-order valence-electron chi connectivity index (χ2n) is 4.72. The number of aryl methyl sites for hydroxylation is 1. The number of aromatic nitrogens is 2. The Morgan fingerprint density at radius 1 is 1.65 bits per heavy atom. The summed E-state index contributed by atoms with van der Waals surface area (Å²) in [6.45, 7) is 5.95. The third-order valence-corrected chi connectivity index (χ3v) is 3.12. The van der Waals surface area contributed by atoms with E-state index in [1.54, 1.807) is 6.92 Å². The molecule has 2 N–H and O–H groups in total. The molecule has 2 rings (SSSR count). The smallest absolute Gasteiger partial charge is 0.227 e. The molecule has 1 atom stereocenters. The number of hydrogen-bond donors (Lipinski definition) is 2. The molecular weight excluding hydrogens is 220 g/mol. The summed E-state index contributed by atoms with van der Waals surface area (Å²) in [7, 11) is 0. The molecule has 1 aromatic heterocycles. The molecule has 1 saturated heterocycles. The summed E-state index contributed by atoms with van der Waals surface area (Å²) in [6.07, 6.45) is 1.49. The van der Waals surface area contributed by atoms with Crippen molar-refractivity contribution in [2.24, 2.45) is 5.41 Å². The lowest BCUT2D eigenvalue weighted by Crippen LogP contribution is -2.41. The average molecular weight is 238 g/mol. The highest BCUT2D eigenvalue weighted by Gasteiger charge is 2.35. The Hall–Kier alpha value is -1.43. The fraction of sp³-hybridized carbons (Fsp3) is 0.727. The largest absolute Gasteiger partial charge is 0.355 e. The minimum atomic E-state index is -0.271. The van der Waals surface area contributed by atoms with Gasteiger partial charge in [-0.25, -0.2) is 0 Å². The van der Waals surface area contributed by atoms with E-state index >= 15 is 0 Å². The van der Waals surface area contributed by atoms with Crippen LogP contribution in [0, 0.1) is 12.3 Å². The normalized spacial score (nSPS) is 23.9. The first-order chi connectivity index (χ1) is 8.10. The summed E-state index contributed by atoms with van der Waals surface area (Å²) in [5.41, 5.74) is -0.271. The van der Waals surface area contributed by atoms with Crippen molar-refractivity contribution in [3.05, 3.63) is 11.7 Å². The first-order valence-electron chi connectivity index (χ1n) is 5.88. The van der Waals surface area contributed by atoms with Crippen molar-refractivity contribution in [1.82, 2.24) is 20.8 Å². The SMILES string of the molecule is Cc1nc(CCNC(=O)C2(C)CCNC2)no1. The molecule has 0 spiro atoms. The van der Waals surface area contributed by atoms with Gasteiger partial charge in [-0.3, -0.25) is 4.79 Å². The number of nitrogens with one attached hydrogen (secondary N) is 2. The molecular formula is C11H18N4O2. The molecule has 17 heavy (non-hydrogen) atoms. The number of amides is 1. The van der Waals surface area contributed by atoms with E-state index in [1.807, 2.05) is 6.92 Å². The van der Waals surface area contributed by atoms with E-state index in [2.05, 4.69) is 20.8 Å². The van der Waals surface area contributed by atoms with Crippen LogP contribution in [0.4, 0.5) is 0 Å². The van der Waals surface area contributed by atoms with E-state index in [0.29, 0.717) is 24.7 Å². The third kappa shape index (κ3) is 2.82. The minimum absolute atomic E-state index is 0.0997. The lowest BCUT2D eigenvalue weighted by atomic mass is 9.89. The average Bonchev–Trinajstić information content (AvgIpc) is 2.89. The number of nitrogens with zero attached hydrogens (tertiary/aromatic N) is 2. The molecule has 0 radical (unpaired) electrons. The van der Waals surface area contributed by atoms with Gasteiger partial charge < -0.3 is 15.2 Å². The fourth-order valence-corrected chi connectivity index (χ4v) is 1.95. The highest BCUT2D eigenvalue weighted by atomic mass is 16.5. The number of carbonyl (C=O) groups excluding carboxylic acids is 1. The molecule has 1 unspecified atom stereocenters. The van der Waals surface area contributed by atoms with Crippen LogP contribution < -0.4 is 10.6 Å². The Morgan fingerprint density at radius 3 is 3.06 bits per heavy atom. The maximum Gasteiger partial charge on any atom is 0.227 e. The highest BCUT2D eigenvalue weighted by molar-refractivity contribution is 5.82. The summed E-state index contributed by atoms with van der Waals surface area (Å²) in [4.78, 5) is 16.0. The van der Waals surface area contributed by atoms with Crippen molar-refractivity contribution in [2.75, 3.05) is 19.6 Å². The summed E-state index contributed by atoms with van der Waals surface area (Å²) < 4.78 is 4.86. The lowest BCUT2D eigenvalue weighted by molar-refractivity contribution is -0.129. The van der Waals surface area contributed by atoms with Gasteiger partial charge in [-0.05, 0) is 19.9 Å². The van der Waals surface area contributed by atoms with Crippen LogP contribution >= 0.6 is 0 Å². The van der Waals surface area contributed by atoms with E-state index in [4.69, 9.17) is 4.52 Å². The van der Waals surface area contributed by atoms with Crippen LogP contribution in [0.2, 0.25) is 0 Å². The summed E-state index contributed by atoms with van der Waals surface area (Å²) in [6, 6.07) is 0. The highest BCUT2D eigenvalue weighted by Crippen LogP contribution is 2.24. The van der Waals surface area contributed by atoms with Gasteiger partial charge in [-0.2, -0.15) is 4.98 Å². The zero-order chi connectivity index (χ0) is 12.3. The first-order valence-corrected chi connectivity index (χ1v) is 5.88. The summed E-state index contributed by atoms with van der Waals surface area (Å²) in [5, 5.41) is 9.90. The molecule has 0 saturated carbocycles. The molecule has 6 heteroatoms. The molecule has 94 valence electrons. The topological polar surface area (TPSA) is 80.0 Å². The lowest BCUT2D eigenvalue weighted by Gasteiger charge is -2.21. The molecule has 1 aromatic rings. The van der Waals surface area contributed by atoms with E-state index < -0.39 is 0 Å². The van der Waals surface area contributed by atoms with Crippen LogP contribution in [-0.2, 0) is 11.2 Å². The van der Waals surface area contributed by atoms with E-state index in [-0.39, 0.29) is 11.3 Å². The molecule has 2 heterocycles. The van der Waals surface area contributed by atoms with Crippen LogP contribution in [0.3, 0.4) is 0 Å². The van der Waals surface area contributed by atoms with Gasteiger partial charge in [-0.15, -0.1) is 0 Å². The molecule has 0 aromatic carbocycles. The Balaban J connectivity index is 1.77. The Labute approximate surface area is 100 Å². The molecule has 0 bridgehead atoms. The predicted octanol–water partition coefficient (Wildman–Crippen LogP) is 0.0363. The van der Waals surface area contributed by atoms with Gasteiger partial charge in [0.25, 0.3) is 0 Å². The van der Waals surface area contributed by atoms with E-state index in [1.165, 1.54) is 0 Å². The van der Waals surface area contributed by atoms with Crippen LogP contribution in [0.1, 0.15) is 25.1 Å². The van der Waals surface area contributed by atoms with Gasteiger partial charge in [0.05, 0.1) is 5.41 Å². The van der Waals surface area contributed by atoms with Crippen LogP contribution in [0.25, 0.3) is 0 Å². The molecule has 6 nitrogen and oxygen atoms in total. The minimum Gasteiger partial charge on any atom is -0.355 e. The Kier molecular flexibility index (Phi) is 3.42. The quantitative estimate of drug-likeness (QED) is 0.774. The van der Waals surface area contributed by atoms with Gasteiger partial charge in [0.2, 0.25) is 11.8 Å². The van der Waals surface area contributed by atoms with Crippen molar-refractivity contribution in [3.63, 3.8) is 0 Å². The van der Waals surface area contributed by atoms with Crippen LogP contribution in [0.15, 0.2) is 4.52 Å². The van der Waals surface area contributed by atoms with Gasteiger partial charge in [0.15, 0.2) is 5.82 Å². The molecule has 0 aliphatic carbocycles. The van der Waals surface area contributed by atoms with Crippen LogP contribution in [-0.4, -0.2) is 35.7 Å². The standard InChI is InChI=1S/C11H18N4O2/c1-8-14-9(15-17-8)3-5-13-10(16)11(2)4-6-12-7-11/h12H,3-7H2,1-2H3,(H,13,16). The summed E-state index contributed by atoms with van der Waals surface area (Å²) >= 11 is 0. The maximum atomic E-state index is 11.9. The van der Waals surface area contributed by atoms with E-state index in [0.717, 1.165) is 19.5 Å². The number of hydrogen-bond acceptors (Lipinski definition) is 5. The second kappa shape index (κ2) is 4.83. The monoisotopic (exact) mass is 238 g/mol. The van der Waals surface area contributed by atoms with Gasteiger partial charge in [0, 0.05) is 26.4 Å². The molecule has 1 aliphatic heterocycles. The second-order valence-corrected chi connectivity index (χ2v) is 4.72. The maximum absolute atomic E-state index is 11.9. The van der Waals surface area contributed by atoms with Gasteiger partial charge in [0.1, 0.15) is 0 Å². The van der Waals surface area contributed by atoms with Crippen molar-refractivity contribution in [2.45, 2.75) is 26.7 Å². The fourth-order valence-electron chi connectivity index (χ4n) is 1.95. The summed E-state index contributed by atoms with van der Waals surface area (Å²) in [5.74, 6) is 1.29. The van der Waals surface area contributed by atoms with Crippen molar-refractivity contribution in [3.8, 4) is 0 Å². The van der Waals surface area contributed by atoms with Crippen molar-refractivity contribution < 1.29 is 9.32 Å². The van der Waals surface area contributed by atoms with Gasteiger partial charge in [-0.1, -0.05) is 5.16 Å². The number of carbonyl (C=O) groups is 1. The molecule has 1 amide bonds. The van der Waals surface area contributed by atoms with Crippen LogP contribution in [0.5, 0.6) is 0 Å². The van der Waals surface area contributed by atoms with E-state index in [9.17, 15) is 4.79 Å². The Bertz CT molecular complexity index is 396. The van der Waals surface area contributed by atoms with Gasteiger partial charge >= 0.3 is 0 Å². The zero-order valence-corrected chi connectivity index (χ0v) is 10.2. The van der Waals surface area contributed by atoms with Crippen molar-refractivity contribution >= 4 is 5.91 Å². The van der Waals surface area contributed by atoms with Crippen molar-refractivity contribution in [1.29, 1.82) is 0 Å². The molecule has 1 fully saturated rings. The number of rotatable bonds is 4. The first kappa shape index (κ1) is 12.0.